The Kier molecular flexibility index (Phi) is 5.37. The third-order valence-corrected chi connectivity index (χ3v) is 4.56. The lowest BCUT2D eigenvalue weighted by Gasteiger charge is -2.25. The van der Waals surface area contributed by atoms with E-state index in [0.717, 1.165) is 30.5 Å². The highest BCUT2D eigenvalue weighted by atomic mass is 16.5. The van der Waals surface area contributed by atoms with E-state index in [1.54, 1.807) is 0 Å². The van der Waals surface area contributed by atoms with Crippen LogP contribution in [0, 0.1) is 5.92 Å². The lowest BCUT2D eigenvalue weighted by atomic mass is 9.80. The SMILES string of the molecule is CCC1CCC(c2noc(CCC(C)NC)n2)CC1. The van der Waals surface area contributed by atoms with Crippen molar-refractivity contribution < 1.29 is 4.52 Å². The molecule has 0 saturated heterocycles. The molecule has 0 aromatic carbocycles. The fourth-order valence-electron chi connectivity index (χ4n) is 2.85. The highest BCUT2D eigenvalue weighted by Gasteiger charge is 2.25. The highest BCUT2D eigenvalue weighted by molar-refractivity contribution is 4.98. The predicted molar refractivity (Wildman–Crippen MR) is 76.1 cm³/mol. The Morgan fingerprint density at radius 1 is 1.32 bits per heavy atom. The Balaban J connectivity index is 1.83. The van der Waals surface area contributed by atoms with Crippen molar-refractivity contribution in [2.75, 3.05) is 7.05 Å². The third kappa shape index (κ3) is 4.03. The Morgan fingerprint density at radius 2 is 2.05 bits per heavy atom. The van der Waals surface area contributed by atoms with E-state index < -0.39 is 0 Å². The van der Waals surface area contributed by atoms with E-state index in [2.05, 4.69) is 29.3 Å². The van der Waals surface area contributed by atoms with Crippen LogP contribution >= 0.6 is 0 Å². The summed E-state index contributed by atoms with van der Waals surface area (Å²) in [4.78, 5) is 4.59. The van der Waals surface area contributed by atoms with Gasteiger partial charge in [0.15, 0.2) is 5.82 Å². The molecule has 0 spiro atoms. The van der Waals surface area contributed by atoms with E-state index in [1.807, 2.05) is 7.05 Å². The Morgan fingerprint density at radius 3 is 2.68 bits per heavy atom. The van der Waals surface area contributed by atoms with Gasteiger partial charge in [0, 0.05) is 18.4 Å². The third-order valence-electron chi connectivity index (χ3n) is 4.56. The zero-order chi connectivity index (χ0) is 13.7. The maximum atomic E-state index is 5.38. The number of hydrogen-bond donors (Lipinski definition) is 1. The summed E-state index contributed by atoms with van der Waals surface area (Å²) in [6, 6.07) is 0.496. The number of rotatable bonds is 6. The van der Waals surface area contributed by atoms with Crippen molar-refractivity contribution >= 4 is 0 Å². The molecule has 1 N–H and O–H groups in total. The molecule has 4 nitrogen and oxygen atoms in total. The van der Waals surface area contributed by atoms with Crippen LogP contribution in [-0.4, -0.2) is 23.2 Å². The first-order valence-electron chi connectivity index (χ1n) is 7.72. The molecule has 1 aromatic heterocycles. The summed E-state index contributed by atoms with van der Waals surface area (Å²) in [5.74, 6) is 3.19. The van der Waals surface area contributed by atoms with Gasteiger partial charge in [0.1, 0.15) is 0 Å². The van der Waals surface area contributed by atoms with Crippen LogP contribution in [-0.2, 0) is 6.42 Å². The second-order valence-corrected chi connectivity index (χ2v) is 5.90. The summed E-state index contributed by atoms with van der Waals surface area (Å²) in [5, 5.41) is 7.41. The van der Waals surface area contributed by atoms with Crippen LogP contribution in [0.5, 0.6) is 0 Å². The molecular weight excluding hydrogens is 238 g/mol. The summed E-state index contributed by atoms with van der Waals surface area (Å²) in [7, 11) is 1.98. The van der Waals surface area contributed by atoms with Crippen molar-refractivity contribution in [1.29, 1.82) is 0 Å². The molecule has 1 saturated carbocycles. The van der Waals surface area contributed by atoms with Gasteiger partial charge in [0.2, 0.25) is 5.89 Å². The molecule has 1 heterocycles. The van der Waals surface area contributed by atoms with E-state index in [0.29, 0.717) is 12.0 Å². The monoisotopic (exact) mass is 265 g/mol. The quantitative estimate of drug-likeness (QED) is 0.857. The lowest BCUT2D eigenvalue weighted by Crippen LogP contribution is -2.21. The summed E-state index contributed by atoms with van der Waals surface area (Å²) in [6.07, 6.45) is 8.32. The van der Waals surface area contributed by atoms with Crippen LogP contribution in [0.1, 0.15) is 70.0 Å². The zero-order valence-electron chi connectivity index (χ0n) is 12.5. The van der Waals surface area contributed by atoms with Crippen molar-refractivity contribution in [3.8, 4) is 0 Å². The van der Waals surface area contributed by atoms with Gasteiger partial charge in [0.25, 0.3) is 0 Å². The van der Waals surface area contributed by atoms with E-state index in [1.165, 1.54) is 32.1 Å². The van der Waals surface area contributed by atoms with Gasteiger partial charge < -0.3 is 9.84 Å². The molecule has 1 atom stereocenters. The second-order valence-electron chi connectivity index (χ2n) is 5.90. The van der Waals surface area contributed by atoms with Crippen LogP contribution in [0.3, 0.4) is 0 Å². The summed E-state index contributed by atoms with van der Waals surface area (Å²) in [6.45, 7) is 4.46. The molecular formula is C15H27N3O. The number of nitrogens with zero attached hydrogens (tertiary/aromatic N) is 2. The van der Waals surface area contributed by atoms with Gasteiger partial charge in [-0.2, -0.15) is 4.98 Å². The summed E-state index contributed by atoms with van der Waals surface area (Å²) >= 11 is 0. The molecule has 1 unspecified atom stereocenters. The number of hydrogen-bond acceptors (Lipinski definition) is 4. The van der Waals surface area contributed by atoms with Crippen LogP contribution in [0.25, 0.3) is 0 Å². The van der Waals surface area contributed by atoms with Crippen molar-refractivity contribution in [2.24, 2.45) is 5.92 Å². The fourth-order valence-corrected chi connectivity index (χ4v) is 2.85. The van der Waals surface area contributed by atoms with Crippen LogP contribution in [0.2, 0.25) is 0 Å². The smallest absolute Gasteiger partial charge is 0.226 e. The second kappa shape index (κ2) is 7.04. The van der Waals surface area contributed by atoms with E-state index in [-0.39, 0.29) is 0 Å². The molecule has 0 aliphatic heterocycles. The Bertz CT molecular complexity index is 369. The molecule has 1 aliphatic carbocycles. The number of aromatic nitrogens is 2. The van der Waals surface area contributed by atoms with Gasteiger partial charge in [-0.15, -0.1) is 0 Å². The molecule has 1 aromatic rings. The molecule has 0 bridgehead atoms. The number of aryl methyl sites for hydroxylation is 1. The zero-order valence-corrected chi connectivity index (χ0v) is 12.5. The maximum Gasteiger partial charge on any atom is 0.226 e. The van der Waals surface area contributed by atoms with Crippen molar-refractivity contribution in [3.05, 3.63) is 11.7 Å². The Hall–Kier alpha value is -0.900. The van der Waals surface area contributed by atoms with Gasteiger partial charge in [-0.25, -0.2) is 0 Å². The first-order chi connectivity index (χ1) is 9.22. The molecule has 4 heteroatoms. The van der Waals surface area contributed by atoms with Crippen LogP contribution in [0.15, 0.2) is 4.52 Å². The first kappa shape index (κ1) is 14.5. The molecule has 108 valence electrons. The van der Waals surface area contributed by atoms with Gasteiger partial charge in [-0.3, -0.25) is 0 Å². The minimum absolute atomic E-state index is 0.496. The van der Waals surface area contributed by atoms with Gasteiger partial charge in [0.05, 0.1) is 0 Å². The predicted octanol–water partition coefficient (Wildman–Crippen LogP) is 3.29. The molecule has 0 amide bonds. The van der Waals surface area contributed by atoms with Crippen LogP contribution < -0.4 is 5.32 Å². The minimum atomic E-state index is 0.496. The van der Waals surface area contributed by atoms with Gasteiger partial charge in [-0.05, 0) is 52.0 Å². The standard InChI is InChI=1S/C15H27N3O/c1-4-12-6-8-13(9-7-12)15-17-14(19-18-15)10-5-11(2)16-3/h11-13,16H,4-10H2,1-3H3. The Labute approximate surface area is 116 Å². The molecule has 1 fully saturated rings. The topological polar surface area (TPSA) is 51.0 Å². The van der Waals surface area contributed by atoms with Crippen molar-refractivity contribution in [2.45, 2.75) is 70.8 Å². The highest BCUT2D eigenvalue weighted by Crippen LogP contribution is 2.35. The summed E-state index contributed by atoms with van der Waals surface area (Å²) in [5.41, 5.74) is 0. The molecule has 19 heavy (non-hydrogen) atoms. The normalized spacial score (nSPS) is 25.4. The van der Waals surface area contributed by atoms with E-state index in [4.69, 9.17) is 4.52 Å². The van der Waals surface area contributed by atoms with Gasteiger partial charge in [-0.1, -0.05) is 18.5 Å². The first-order valence-corrected chi connectivity index (χ1v) is 7.72. The van der Waals surface area contributed by atoms with E-state index >= 15 is 0 Å². The van der Waals surface area contributed by atoms with Crippen molar-refractivity contribution in [3.63, 3.8) is 0 Å². The van der Waals surface area contributed by atoms with Crippen molar-refractivity contribution in [1.82, 2.24) is 15.5 Å². The van der Waals surface area contributed by atoms with Crippen LogP contribution in [0.4, 0.5) is 0 Å². The maximum absolute atomic E-state index is 5.38. The van der Waals surface area contributed by atoms with Gasteiger partial charge >= 0.3 is 0 Å². The average Bonchev–Trinajstić information content (AvgIpc) is 2.93. The number of nitrogens with one attached hydrogen (secondary N) is 1. The summed E-state index contributed by atoms with van der Waals surface area (Å²) < 4.78 is 5.38. The average molecular weight is 265 g/mol. The lowest BCUT2D eigenvalue weighted by molar-refractivity contribution is 0.302. The minimum Gasteiger partial charge on any atom is -0.339 e. The van der Waals surface area contributed by atoms with E-state index in [9.17, 15) is 0 Å². The largest absolute Gasteiger partial charge is 0.339 e. The molecule has 0 radical (unpaired) electrons. The molecule has 1 aliphatic rings. The molecule has 2 rings (SSSR count). The fraction of sp³-hybridized carbons (Fsp3) is 0.867.